The van der Waals surface area contributed by atoms with Crippen LogP contribution in [0.4, 0.5) is 0 Å². The first-order chi connectivity index (χ1) is 14.0. The summed E-state index contributed by atoms with van der Waals surface area (Å²) in [5, 5.41) is 3.49. The van der Waals surface area contributed by atoms with Gasteiger partial charge in [-0.2, -0.15) is 0 Å². The second-order valence-corrected chi connectivity index (χ2v) is 7.60. The molecule has 29 heavy (non-hydrogen) atoms. The van der Waals surface area contributed by atoms with E-state index in [0.29, 0.717) is 36.3 Å². The highest BCUT2D eigenvalue weighted by Crippen LogP contribution is 2.38. The Bertz CT molecular complexity index is 857. The van der Waals surface area contributed by atoms with Crippen molar-refractivity contribution in [2.45, 2.75) is 18.9 Å². The van der Waals surface area contributed by atoms with Gasteiger partial charge in [0.2, 0.25) is 5.91 Å². The number of amides is 1. The summed E-state index contributed by atoms with van der Waals surface area (Å²) < 4.78 is 16.7. The van der Waals surface area contributed by atoms with Gasteiger partial charge in [0.1, 0.15) is 5.75 Å². The highest BCUT2D eigenvalue weighted by Gasteiger charge is 2.19. The van der Waals surface area contributed by atoms with Crippen molar-refractivity contribution in [3.63, 3.8) is 0 Å². The molecular formula is C22H27ClN2O4. The van der Waals surface area contributed by atoms with Crippen molar-refractivity contribution >= 4 is 17.5 Å². The average molecular weight is 419 g/mol. The number of rotatable bonds is 7. The van der Waals surface area contributed by atoms with Crippen molar-refractivity contribution in [2.24, 2.45) is 0 Å². The minimum atomic E-state index is -0.0784. The number of methoxy groups -OCH3 is 1. The Morgan fingerprint density at radius 2 is 2.03 bits per heavy atom. The second-order valence-electron chi connectivity index (χ2n) is 7.19. The predicted molar refractivity (Wildman–Crippen MR) is 113 cm³/mol. The van der Waals surface area contributed by atoms with Crippen LogP contribution in [0, 0.1) is 0 Å². The summed E-state index contributed by atoms with van der Waals surface area (Å²) >= 11 is 6.33. The lowest BCUT2D eigenvalue weighted by Gasteiger charge is -2.25. The second kappa shape index (κ2) is 9.85. The molecule has 0 aliphatic carbocycles. The molecule has 1 N–H and O–H groups in total. The third kappa shape index (κ3) is 5.55. The molecule has 2 aromatic rings. The van der Waals surface area contributed by atoms with Gasteiger partial charge in [0.15, 0.2) is 11.5 Å². The zero-order valence-corrected chi connectivity index (χ0v) is 17.8. The summed E-state index contributed by atoms with van der Waals surface area (Å²) in [6, 6.07) is 11.5. The molecule has 0 spiro atoms. The number of nitrogens with zero attached hydrogens (tertiary/aromatic N) is 1. The van der Waals surface area contributed by atoms with Crippen LogP contribution in [0.5, 0.6) is 17.2 Å². The number of likely N-dealkylation sites (N-methyl/N-ethyl adjacent to an activating group) is 1. The highest BCUT2D eigenvalue weighted by atomic mass is 35.5. The molecule has 0 radical (unpaired) electrons. The van der Waals surface area contributed by atoms with Crippen LogP contribution in [0.1, 0.15) is 23.6 Å². The topological polar surface area (TPSA) is 60.0 Å². The Morgan fingerprint density at radius 3 is 2.79 bits per heavy atom. The molecular weight excluding hydrogens is 392 g/mol. The molecule has 7 heteroatoms. The monoisotopic (exact) mass is 418 g/mol. The van der Waals surface area contributed by atoms with Gasteiger partial charge < -0.3 is 24.4 Å². The molecule has 3 rings (SSSR count). The van der Waals surface area contributed by atoms with Gasteiger partial charge >= 0.3 is 0 Å². The Morgan fingerprint density at radius 1 is 1.24 bits per heavy atom. The number of ether oxygens (including phenoxy) is 3. The first kappa shape index (κ1) is 21.3. The van der Waals surface area contributed by atoms with Crippen LogP contribution in [-0.4, -0.2) is 51.8 Å². The average Bonchev–Trinajstić information content (AvgIpc) is 2.94. The summed E-state index contributed by atoms with van der Waals surface area (Å²) in [4.78, 5) is 14.6. The van der Waals surface area contributed by atoms with Crippen LogP contribution < -0.4 is 19.5 Å². The highest BCUT2D eigenvalue weighted by molar-refractivity contribution is 6.32. The molecule has 0 saturated heterocycles. The molecule has 2 aromatic carbocycles. The van der Waals surface area contributed by atoms with Gasteiger partial charge in [-0.15, -0.1) is 0 Å². The van der Waals surface area contributed by atoms with Crippen LogP contribution in [0.25, 0.3) is 0 Å². The number of halogens is 1. The van der Waals surface area contributed by atoms with Gasteiger partial charge in [0, 0.05) is 13.0 Å². The molecule has 0 aromatic heterocycles. The van der Waals surface area contributed by atoms with Crippen molar-refractivity contribution in [1.29, 1.82) is 0 Å². The zero-order chi connectivity index (χ0) is 20.8. The summed E-state index contributed by atoms with van der Waals surface area (Å²) in [5.74, 6) is 1.87. The van der Waals surface area contributed by atoms with Gasteiger partial charge in [0.05, 0.1) is 37.8 Å². The van der Waals surface area contributed by atoms with E-state index in [1.54, 1.807) is 13.2 Å². The van der Waals surface area contributed by atoms with Crippen LogP contribution in [0.2, 0.25) is 5.02 Å². The van der Waals surface area contributed by atoms with Crippen LogP contribution in [0.3, 0.4) is 0 Å². The maximum absolute atomic E-state index is 12.6. The number of carbonyl (C=O) groups is 1. The van der Waals surface area contributed by atoms with E-state index in [2.05, 4.69) is 10.2 Å². The van der Waals surface area contributed by atoms with Crippen LogP contribution >= 0.6 is 11.6 Å². The Labute approximate surface area is 176 Å². The molecule has 1 aliphatic heterocycles. The minimum absolute atomic E-state index is 0.0291. The largest absolute Gasteiger partial charge is 0.497 e. The van der Waals surface area contributed by atoms with E-state index in [1.165, 1.54) is 0 Å². The lowest BCUT2D eigenvalue weighted by molar-refractivity contribution is -0.120. The maximum atomic E-state index is 12.6. The molecule has 1 atom stereocenters. The number of hydrogen-bond acceptors (Lipinski definition) is 5. The van der Waals surface area contributed by atoms with Crippen molar-refractivity contribution < 1.29 is 19.0 Å². The molecule has 0 unspecified atom stereocenters. The third-order valence-electron chi connectivity index (χ3n) is 4.82. The zero-order valence-electron chi connectivity index (χ0n) is 17.0. The normalized spacial score (nSPS) is 14.2. The lowest BCUT2D eigenvalue weighted by Crippen LogP contribution is -2.35. The predicted octanol–water partition coefficient (Wildman–Crippen LogP) is 3.47. The van der Waals surface area contributed by atoms with Gasteiger partial charge in [-0.3, -0.25) is 4.79 Å². The number of hydrogen-bond donors (Lipinski definition) is 1. The number of benzene rings is 2. The van der Waals surface area contributed by atoms with Gasteiger partial charge in [-0.05, 0) is 49.5 Å². The summed E-state index contributed by atoms with van der Waals surface area (Å²) in [6.45, 7) is 1.63. The first-order valence-corrected chi connectivity index (χ1v) is 10.0. The minimum Gasteiger partial charge on any atom is -0.497 e. The quantitative estimate of drug-likeness (QED) is 0.746. The molecule has 6 nitrogen and oxygen atoms in total. The lowest BCUT2D eigenvalue weighted by atomic mass is 10.1. The van der Waals surface area contributed by atoms with Gasteiger partial charge in [-0.25, -0.2) is 0 Å². The maximum Gasteiger partial charge on any atom is 0.224 e. The number of nitrogens with one attached hydrogen (secondary N) is 1. The third-order valence-corrected chi connectivity index (χ3v) is 5.10. The summed E-state index contributed by atoms with van der Waals surface area (Å²) in [7, 11) is 5.62. The first-order valence-electron chi connectivity index (χ1n) is 9.63. The smallest absolute Gasteiger partial charge is 0.224 e. The van der Waals surface area contributed by atoms with E-state index in [9.17, 15) is 4.79 Å². The Kier molecular flexibility index (Phi) is 7.23. The van der Waals surface area contributed by atoms with E-state index in [4.69, 9.17) is 25.8 Å². The molecule has 1 aliphatic rings. The fourth-order valence-corrected chi connectivity index (χ4v) is 3.58. The Balaban J connectivity index is 1.65. The summed E-state index contributed by atoms with van der Waals surface area (Å²) in [6.07, 6.45) is 1.02. The SMILES string of the molecule is COc1cccc([C@@H](CNC(=O)Cc2cc(Cl)c3c(c2)OCCCO3)N(C)C)c1. The molecule has 1 amide bonds. The number of carbonyl (C=O) groups excluding carboxylic acids is 1. The van der Waals surface area contributed by atoms with E-state index in [0.717, 1.165) is 23.3 Å². The molecule has 0 bridgehead atoms. The molecule has 0 fully saturated rings. The van der Waals surface area contributed by atoms with Gasteiger partial charge in [-0.1, -0.05) is 23.7 Å². The van der Waals surface area contributed by atoms with E-state index in [-0.39, 0.29) is 18.4 Å². The van der Waals surface area contributed by atoms with Crippen molar-refractivity contribution in [3.8, 4) is 17.2 Å². The van der Waals surface area contributed by atoms with Crippen LogP contribution in [0.15, 0.2) is 36.4 Å². The van der Waals surface area contributed by atoms with Gasteiger partial charge in [0.25, 0.3) is 0 Å². The fourth-order valence-electron chi connectivity index (χ4n) is 3.29. The standard InChI is InChI=1S/C22H27ClN2O4/c1-25(2)19(16-6-4-7-17(13-16)27-3)14-24-21(26)12-15-10-18(23)22-20(11-15)28-8-5-9-29-22/h4,6-7,10-11,13,19H,5,8-9,12,14H2,1-3H3,(H,24,26)/t19-/m1/s1. The van der Waals surface area contributed by atoms with E-state index < -0.39 is 0 Å². The van der Waals surface area contributed by atoms with Crippen molar-refractivity contribution in [1.82, 2.24) is 10.2 Å². The Hall–Kier alpha value is -2.44. The molecule has 1 heterocycles. The van der Waals surface area contributed by atoms with E-state index >= 15 is 0 Å². The molecule has 156 valence electrons. The van der Waals surface area contributed by atoms with Crippen LogP contribution in [-0.2, 0) is 11.2 Å². The van der Waals surface area contributed by atoms with E-state index in [1.807, 2.05) is 44.4 Å². The molecule has 0 saturated carbocycles. The summed E-state index contributed by atoms with van der Waals surface area (Å²) in [5.41, 5.74) is 1.87. The number of fused-ring (bicyclic) bond motifs is 1. The van der Waals surface area contributed by atoms with Crippen molar-refractivity contribution in [2.75, 3.05) is 41.0 Å². The van der Waals surface area contributed by atoms with Crippen molar-refractivity contribution in [3.05, 3.63) is 52.5 Å². The fraction of sp³-hybridized carbons (Fsp3) is 0.409.